The maximum atomic E-state index is 12.7. The third kappa shape index (κ3) is 3.81. The number of unbranched alkanes of at least 4 members (excludes halogenated alkanes) is 1. The molecule has 2 aromatic rings. The van der Waals surface area contributed by atoms with Crippen LogP contribution in [0.15, 0.2) is 50.5 Å². The third-order valence-electron chi connectivity index (χ3n) is 5.08. The van der Waals surface area contributed by atoms with Crippen molar-refractivity contribution in [2.45, 2.75) is 40.0 Å². The summed E-state index contributed by atoms with van der Waals surface area (Å²) in [4.78, 5) is 16.9. The second-order valence-corrected chi connectivity index (χ2v) is 9.22. The lowest BCUT2D eigenvalue weighted by molar-refractivity contribution is -0.114. The lowest BCUT2D eigenvalue weighted by Gasteiger charge is -2.20. The van der Waals surface area contributed by atoms with E-state index < -0.39 is 5.91 Å². The third-order valence-corrected chi connectivity index (χ3v) is 6.54. The van der Waals surface area contributed by atoms with Crippen LogP contribution in [-0.4, -0.2) is 31.5 Å². The zero-order valence-electron chi connectivity index (χ0n) is 17.1. The number of hydrogen-bond donors (Lipinski definition) is 1. The number of rotatable bonds is 5. The van der Waals surface area contributed by atoms with Crippen molar-refractivity contribution in [3.8, 4) is 5.69 Å². The van der Waals surface area contributed by atoms with Crippen LogP contribution in [0.1, 0.15) is 43.1 Å². The number of aromatic nitrogens is 1. The summed E-state index contributed by atoms with van der Waals surface area (Å²) in [7, 11) is 0. The number of nitrogens with zero attached hydrogens (tertiary/aromatic N) is 4. The van der Waals surface area contributed by atoms with Gasteiger partial charge in [0.2, 0.25) is 5.17 Å². The highest BCUT2D eigenvalue weighted by Crippen LogP contribution is 2.31. The van der Waals surface area contributed by atoms with E-state index in [-0.39, 0.29) is 11.4 Å². The summed E-state index contributed by atoms with van der Waals surface area (Å²) >= 11 is 4.91. The predicted molar refractivity (Wildman–Crippen MR) is 127 cm³/mol. The number of carbonyl (C=O) groups excluding carboxylic acids is 1. The van der Waals surface area contributed by atoms with Gasteiger partial charge < -0.3 is 4.57 Å². The number of benzene rings is 1. The molecule has 30 heavy (non-hydrogen) atoms. The van der Waals surface area contributed by atoms with Crippen molar-refractivity contribution in [3.63, 3.8) is 0 Å². The Balaban J connectivity index is 1.69. The molecule has 0 aliphatic carbocycles. The van der Waals surface area contributed by atoms with Gasteiger partial charge in [0.25, 0.3) is 5.91 Å². The van der Waals surface area contributed by atoms with Crippen LogP contribution in [0, 0.1) is 19.3 Å². The van der Waals surface area contributed by atoms with Gasteiger partial charge in [0.1, 0.15) is 5.04 Å². The molecule has 2 aliphatic rings. The van der Waals surface area contributed by atoms with Gasteiger partial charge in [-0.3, -0.25) is 10.2 Å². The molecule has 6 nitrogen and oxygen atoms in total. The molecule has 0 spiro atoms. The number of carbonyl (C=O) groups is 1. The first-order valence-electron chi connectivity index (χ1n) is 9.83. The molecule has 0 radical (unpaired) electrons. The minimum absolute atomic E-state index is 0.0799. The average Bonchev–Trinajstić information content (AvgIpc) is 3.23. The van der Waals surface area contributed by atoms with Gasteiger partial charge in [0.15, 0.2) is 5.84 Å². The number of amides is 1. The molecule has 0 atom stereocenters. The first-order chi connectivity index (χ1) is 14.4. The number of nitrogens with one attached hydrogen (secondary N) is 1. The van der Waals surface area contributed by atoms with E-state index in [0.29, 0.717) is 5.17 Å². The zero-order valence-corrected chi connectivity index (χ0v) is 19.5. The quantitative estimate of drug-likeness (QED) is 0.556. The number of aryl methyl sites for hydroxylation is 1. The van der Waals surface area contributed by atoms with Crippen LogP contribution in [0.25, 0.3) is 11.8 Å². The fourth-order valence-corrected chi connectivity index (χ4v) is 4.88. The number of aliphatic imine (C=N–C) groups is 1. The van der Waals surface area contributed by atoms with Crippen molar-refractivity contribution >= 4 is 55.7 Å². The Kier molecular flexibility index (Phi) is 5.79. The normalized spacial score (nSPS) is 17.5. The molecular formula is C22H22BrN5OS. The van der Waals surface area contributed by atoms with Gasteiger partial charge in [-0.1, -0.05) is 35.3 Å². The Hall–Kier alpha value is -2.45. The standard InChI is InChI=1S/C22H22BrN5OS/c1-4-5-9-19-26-28-20(24)18(21(29)25-22(28)30-19)11-15-10-13(2)27(14(15)3)17-8-6-7-16(23)12-17/h6-8,10-12,24H,4-5,9H2,1-3H3/b18-11-,24-20?. The van der Waals surface area contributed by atoms with Gasteiger partial charge in [0.05, 0.1) is 5.57 Å². The van der Waals surface area contributed by atoms with E-state index in [1.807, 2.05) is 38.1 Å². The summed E-state index contributed by atoms with van der Waals surface area (Å²) < 4.78 is 3.14. The van der Waals surface area contributed by atoms with E-state index in [0.717, 1.165) is 51.4 Å². The minimum Gasteiger partial charge on any atom is -0.318 e. The van der Waals surface area contributed by atoms with Crippen molar-refractivity contribution in [1.82, 2.24) is 9.58 Å². The molecule has 8 heteroatoms. The Labute approximate surface area is 188 Å². The van der Waals surface area contributed by atoms with Gasteiger partial charge in [-0.2, -0.15) is 15.1 Å². The molecule has 0 bridgehead atoms. The van der Waals surface area contributed by atoms with Crippen molar-refractivity contribution in [3.05, 3.63) is 57.3 Å². The molecule has 4 rings (SSSR count). The van der Waals surface area contributed by atoms with Crippen LogP contribution in [0.3, 0.4) is 0 Å². The van der Waals surface area contributed by atoms with Crippen LogP contribution in [0.4, 0.5) is 0 Å². The predicted octanol–water partition coefficient (Wildman–Crippen LogP) is 5.67. The molecule has 1 amide bonds. The molecule has 0 unspecified atom stereocenters. The molecule has 1 aromatic heterocycles. The molecule has 154 valence electrons. The molecular weight excluding hydrogens is 462 g/mol. The highest BCUT2D eigenvalue weighted by molar-refractivity contribution is 9.10. The maximum absolute atomic E-state index is 12.7. The summed E-state index contributed by atoms with van der Waals surface area (Å²) in [5, 5.41) is 15.9. The Morgan fingerprint density at radius 2 is 2.07 bits per heavy atom. The second kappa shape index (κ2) is 8.35. The SMILES string of the molecule is CCCCC1=NN2C(=N)/C(=C/c3cc(C)n(-c4cccc(Br)c4)c3C)C(=O)N=C2S1. The molecule has 0 fully saturated rings. The van der Waals surface area contributed by atoms with Crippen molar-refractivity contribution in [2.75, 3.05) is 0 Å². The Morgan fingerprint density at radius 3 is 2.80 bits per heavy atom. The summed E-state index contributed by atoms with van der Waals surface area (Å²) in [6.07, 6.45) is 4.69. The molecule has 1 N–H and O–H groups in total. The van der Waals surface area contributed by atoms with E-state index in [4.69, 9.17) is 5.41 Å². The largest absolute Gasteiger partial charge is 0.318 e. The minimum atomic E-state index is -0.391. The van der Waals surface area contributed by atoms with E-state index in [1.165, 1.54) is 16.8 Å². The molecule has 3 heterocycles. The fourth-order valence-electron chi connectivity index (χ4n) is 3.56. The van der Waals surface area contributed by atoms with Crippen molar-refractivity contribution in [2.24, 2.45) is 10.1 Å². The van der Waals surface area contributed by atoms with E-state index in [2.05, 4.69) is 43.6 Å². The number of fused-ring (bicyclic) bond motifs is 1. The fraction of sp³-hybridized carbons (Fsp3) is 0.273. The Morgan fingerprint density at radius 1 is 1.27 bits per heavy atom. The van der Waals surface area contributed by atoms with Gasteiger partial charge in [-0.25, -0.2) is 0 Å². The lowest BCUT2D eigenvalue weighted by Crippen LogP contribution is -2.35. The van der Waals surface area contributed by atoms with E-state index in [1.54, 1.807) is 6.08 Å². The first kappa shape index (κ1) is 20.8. The summed E-state index contributed by atoms with van der Waals surface area (Å²) in [6.45, 7) is 6.17. The van der Waals surface area contributed by atoms with Crippen LogP contribution in [0.2, 0.25) is 0 Å². The first-order valence-corrected chi connectivity index (χ1v) is 11.4. The summed E-state index contributed by atoms with van der Waals surface area (Å²) in [5.74, 6) is -0.311. The number of halogens is 1. The highest BCUT2D eigenvalue weighted by Gasteiger charge is 2.35. The molecule has 1 aromatic carbocycles. The van der Waals surface area contributed by atoms with Crippen LogP contribution in [-0.2, 0) is 4.79 Å². The highest BCUT2D eigenvalue weighted by atomic mass is 79.9. The van der Waals surface area contributed by atoms with Crippen molar-refractivity contribution in [1.29, 1.82) is 5.41 Å². The smallest absolute Gasteiger partial charge is 0.283 e. The van der Waals surface area contributed by atoms with Crippen LogP contribution >= 0.6 is 27.7 Å². The number of hydrogen-bond acceptors (Lipinski definition) is 4. The monoisotopic (exact) mass is 483 g/mol. The van der Waals surface area contributed by atoms with E-state index >= 15 is 0 Å². The van der Waals surface area contributed by atoms with Gasteiger partial charge in [0, 0.05) is 21.5 Å². The van der Waals surface area contributed by atoms with E-state index in [9.17, 15) is 4.79 Å². The number of thioether (sulfide) groups is 1. The molecule has 0 saturated heterocycles. The maximum Gasteiger partial charge on any atom is 0.283 e. The number of hydrazone groups is 1. The average molecular weight is 484 g/mol. The molecule has 2 aliphatic heterocycles. The van der Waals surface area contributed by atoms with Gasteiger partial charge in [-0.05, 0) is 74.4 Å². The number of amidine groups is 2. The summed E-state index contributed by atoms with van der Waals surface area (Å²) in [6, 6.07) is 10.1. The Bertz CT molecular complexity index is 1140. The molecule has 0 saturated carbocycles. The zero-order chi connectivity index (χ0) is 21.4. The van der Waals surface area contributed by atoms with Crippen molar-refractivity contribution < 1.29 is 4.79 Å². The van der Waals surface area contributed by atoms with Crippen LogP contribution < -0.4 is 0 Å². The van der Waals surface area contributed by atoms with Crippen LogP contribution in [0.5, 0.6) is 0 Å². The van der Waals surface area contributed by atoms with Gasteiger partial charge in [-0.15, -0.1) is 0 Å². The summed E-state index contributed by atoms with van der Waals surface area (Å²) in [5.41, 5.74) is 4.23. The van der Waals surface area contributed by atoms with Gasteiger partial charge >= 0.3 is 0 Å². The lowest BCUT2D eigenvalue weighted by atomic mass is 10.1. The topological polar surface area (TPSA) is 73.8 Å². The second-order valence-electron chi connectivity index (χ2n) is 7.26.